The van der Waals surface area contributed by atoms with Crippen molar-refractivity contribution in [2.24, 2.45) is 0 Å². The van der Waals surface area contributed by atoms with Crippen LogP contribution in [0.4, 0.5) is 5.82 Å². The first-order valence-corrected chi connectivity index (χ1v) is 7.16. The Hall–Kier alpha value is -2.69. The predicted molar refractivity (Wildman–Crippen MR) is 88.0 cm³/mol. The van der Waals surface area contributed by atoms with Crippen molar-refractivity contribution in [1.29, 1.82) is 0 Å². The zero-order valence-corrected chi connectivity index (χ0v) is 12.7. The van der Waals surface area contributed by atoms with E-state index in [9.17, 15) is 4.79 Å². The predicted octanol–water partition coefficient (Wildman–Crippen LogP) is 2.07. The molecule has 114 valence electrons. The van der Waals surface area contributed by atoms with Crippen molar-refractivity contribution in [3.8, 4) is 0 Å². The molecule has 2 heterocycles. The average Bonchev–Trinajstić information content (AvgIpc) is 2.58. The molecule has 0 radical (unpaired) electrons. The largest absolute Gasteiger partial charge is 0.359 e. The summed E-state index contributed by atoms with van der Waals surface area (Å²) in [5, 5.41) is 2.73. The number of rotatable bonds is 7. The number of nitrogens with zero attached hydrogens (tertiary/aromatic N) is 3. The zero-order valence-electron chi connectivity index (χ0n) is 12.7. The lowest BCUT2D eigenvalue weighted by atomic mass is 10.2. The topological polar surface area (TPSA) is 58.1 Å². The summed E-state index contributed by atoms with van der Waals surface area (Å²) in [6.45, 7) is 4.87. The monoisotopic (exact) mass is 296 g/mol. The molecular formula is C17H20N4O. The quantitative estimate of drug-likeness (QED) is 0.795. The second-order valence-electron chi connectivity index (χ2n) is 4.93. The number of nitrogens with one attached hydrogen (secondary N) is 1. The van der Waals surface area contributed by atoms with E-state index >= 15 is 0 Å². The second-order valence-corrected chi connectivity index (χ2v) is 4.93. The fourth-order valence-electron chi connectivity index (χ4n) is 1.97. The first kappa shape index (κ1) is 15.7. The highest BCUT2D eigenvalue weighted by atomic mass is 16.1. The lowest BCUT2D eigenvalue weighted by Gasteiger charge is -2.18. The first-order chi connectivity index (χ1) is 10.7. The van der Waals surface area contributed by atoms with Crippen LogP contribution >= 0.6 is 0 Å². The van der Waals surface area contributed by atoms with E-state index in [-0.39, 0.29) is 5.91 Å². The van der Waals surface area contributed by atoms with Crippen LogP contribution in [0.25, 0.3) is 0 Å². The maximum absolute atomic E-state index is 11.8. The number of hydrogen-bond acceptors (Lipinski definition) is 4. The maximum Gasteiger partial charge on any atom is 0.253 e. The van der Waals surface area contributed by atoms with Gasteiger partial charge in [-0.15, -0.1) is 6.58 Å². The third-order valence-electron chi connectivity index (χ3n) is 3.29. The minimum absolute atomic E-state index is 0.140. The summed E-state index contributed by atoms with van der Waals surface area (Å²) >= 11 is 0. The number of carbonyl (C=O) groups excluding carboxylic acids is 1. The van der Waals surface area contributed by atoms with E-state index in [0.717, 1.165) is 18.8 Å². The van der Waals surface area contributed by atoms with Gasteiger partial charge in [0.05, 0.1) is 5.56 Å². The number of likely N-dealkylation sites (N-methyl/N-ethyl adjacent to an activating group) is 1. The highest BCUT2D eigenvalue weighted by molar-refractivity contribution is 5.94. The Bertz CT molecular complexity index is 610. The third kappa shape index (κ3) is 4.41. The molecule has 0 saturated carbocycles. The summed E-state index contributed by atoms with van der Waals surface area (Å²) in [4.78, 5) is 22.2. The van der Waals surface area contributed by atoms with Gasteiger partial charge in [-0.1, -0.05) is 6.08 Å². The van der Waals surface area contributed by atoms with Crippen molar-refractivity contribution in [2.45, 2.75) is 6.42 Å². The van der Waals surface area contributed by atoms with Crippen LogP contribution in [0.1, 0.15) is 15.9 Å². The molecule has 2 aromatic rings. The summed E-state index contributed by atoms with van der Waals surface area (Å²) in [6, 6.07) is 7.65. The van der Waals surface area contributed by atoms with Crippen LogP contribution < -0.4 is 10.2 Å². The molecule has 0 aliphatic heterocycles. The normalized spacial score (nSPS) is 10.0. The first-order valence-electron chi connectivity index (χ1n) is 7.16. The molecule has 0 fully saturated rings. The van der Waals surface area contributed by atoms with Gasteiger partial charge in [0.25, 0.3) is 5.91 Å². The van der Waals surface area contributed by atoms with Crippen LogP contribution in [-0.4, -0.2) is 36.0 Å². The number of amides is 1. The minimum atomic E-state index is -0.140. The lowest BCUT2D eigenvalue weighted by Crippen LogP contribution is -2.24. The third-order valence-corrected chi connectivity index (χ3v) is 3.29. The molecule has 22 heavy (non-hydrogen) atoms. The van der Waals surface area contributed by atoms with Crippen LogP contribution in [0.3, 0.4) is 0 Å². The molecule has 0 aromatic carbocycles. The summed E-state index contributed by atoms with van der Waals surface area (Å²) in [5.74, 6) is 0.702. The second kappa shape index (κ2) is 7.93. The minimum Gasteiger partial charge on any atom is -0.359 e. The van der Waals surface area contributed by atoms with E-state index in [1.165, 1.54) is 5.56 Å². The Balaban J connectivity index is 1.91. The van der Waals surface area contributed by atoms with Gasteiger partial charge in [-0.05, 0) is 36.2 Å². The highest BCUT2D eigenvalue weighted by Crippen LogP contribution is 2.10. The summed E-state index contributed by atoms with van der Waals surface area (Å²) < 4.78 is 0. The van der Waals surface area contributed by atoms with Crippen molar-refractivity contribution >= 4 is 11.7 Å². The molecule has 0 saturated heterocycles. The zero-order chi connectivity index (χ0) is 15.8. The van der Waals surface area contributed by atoms with Crippen LogP contribution in [-0.2, 0) is 6.42 Å². The van der Waals surface area contributed by atoms with Gasteiger partial charge < -0.3 is 10.2 Å². The molecule has 1 amide bonds. The Morgan fingerprint density at radius 3 is 2.73 bits per heavy atom. The average molecular weight is 296 g/mol. The molecule has 5 nitrogen and oxygen atoms in total. The number of anilines is 1. The molecule has 2 rings (SSSR count). The van der Waals surface area contributed by atoms with Gasteiger partial charge in [0, 0.05) is 38.7 Å². The van der Waals surface area contributed by atoms with Gasteiger partial charge in [-0.3, -0.25) is 9.78 Å². The molecule has 1 N–H and O–H groups in total. The van der Waals surface area contributed by atoms with Gasteiger partial charge in [0.2, 0.25) is 0 Å². The van der Waals surface area contributed by atoms with Crippen LogP contribution in [0.15, 0.2) is 55.5 Å². The van der Waals surface area contributed by atoms with E-state index in [0.29, 0.717) is 12.1 Å². The summed E-state index contributed by atoms with van der Waals surface area (Å²) in [7, 11) is 1.99. The Morgan fingerprint density at radius 1 is 1.32 bits per heavy atom. The van der Waals surface area contributed by atoms with E-state index in [4.69, 9.17) is 0 Å². The Kier molecular flexibility index (Phi) is 5.65. The van der Waals surface area contributed by atoms with E-state index in [1.807, 2.05) is 25.2 Å². The SMILES string of the molecule is C=CCNC(=O)c1ccc(N(C)CCc2ccncc2)nc1. The van der Waals surface area contributed by atoms with Crippen molar-refractivity contribution in [1.82, 2.24) is 15.3 Å². The molecule has 0 aliphatic rings. The number of aromatic nitrogens is 2. The maximum atomic E-state index is 11.8. The molecule has 2 aromatic heterocycles. The van der Waals surface area contributed by atoms with Crippen molar-refractivity contribution in [2.75, 3.05) is 25.0 Å². The lowest BCUT2D eigenvalue weighted by molar-refractivity contribution is 0.0957. The molecule has 0 atom stereocenters. The van der Waals surface area contributed by atoms with E-state index in [2.05, 4.69) is 26.8 Å². The van der Waals surface area contributed by atoms with Crippen molar-refractivity contribution in [3.63, 3.8) is 0 Å². The number of carbonyl (C=O) groups is 1. The van der Waals surface area contributed by atoms with Crippen LogP contribution in [0.2, 0.25) is 0 Å². The van der Waals surface area contributed by atoms with Gasteiger partial charge in [0.1, 0.15) is 5.82 Å². The Labute approximate surface area is 130 Å². The molecule has 0 unspecified atom stereocenters. The van der Waals surface area contributed by atoms with Gasteiger partial charge in [-0.25, -0.2) is 4.98 Å². The molecule has 0 spiro atoms. The van der Waals surface area contributed by atoms with E-state index in [1.54, 1.807) is 30.7 Å². The van der Waals surface area contributed by atoms with Gasteiger partial charge in [-0.2, -0.15) is 0 Å². The molecular weight excluding hydrogens is 276 g/mol. The fourth-order valence-corrected chi connectivity index (χ4v) is 1.97. The van der Waals surface area contributed by atoms with Gasteiger partial charge in [0.15, 0.2) is 0 Å². The Morgan fingerprint density at radius 2 is 2.09 bits per heavy atom. The molecule has 0 bridgehead atoms. The highest BCUT2D eigenvalue weighted by Gasteiger charge is 2.07. The molecule has 0 aliphatic carbocycles. The smallest absolute Gasteiger partial charge is 0.253 e. The summed E-state index contributed by atoms with van der Waals surface area (Å²) in [6.07, 6.45) is 7.75. The van der Waals surface area contributed by atoms with E-state index < -0.39 is 0 Å². The number of hydrogen-bond donors (Lipinski definition) is 1. The van der Waals surface area contributed by atoms with Crippen LogP contribution in [0.5, 0.6) is 0 Å². The van der Waals surface area contributed by atoms with Crippen molar-refractivity contribution < 1.29 is 4.79 Å². The molecule has 5 heteroatoms. The van der Waals surface area contributed by atoms with Crippen molar-refractivity contribution in [3.05, 3.63) is 66.6 Å². The summed E-state index contributed by atoms with van der Waals surface area (Å²) in [5.41, 5.74) is 1.79. The van der Waals surface area contributed by atoms with Gasteiger partial charge >= 0.3 is 0 Å². The standard InChI is InChI=1S/C17H20N4O/c1-3-9-19-17(22)15-4-5-16(20-13-15)21(2)12-8-14-6-10-18-11-7-14/h3-7,10-11,13H,1,8-9,12H2,2H3,(H,19,22). The number of pyridine rings is 2. The fraction of sp³-hybridized carbons (Fsp3) is 0.235. The van der Waals surface area contributed by atoms with Crippen LogP contribution in [0, 0.1) is 0 Å².